The van der Waals surface area contributed by atoms with Crippen molar-refractivity contribution in [2.45, 2.75) is 39.0 Å². The van der Waals surface area contributed by atoms with Crippen LogP contribution in [0.2, 0.25) is 0 Å². The number of halogens is 1. The average Bonchev–Trinajstić information content (AvgIpc) is 3.23. The van der Waals surface area contributed by atoms with Crippen LogP contribution in [0.15, 0.2) is 4.99 Å². The molecule has 0 aromatic heterocycles. The number of nitrogens with one attached hydrogen (secondary N) is 1. The van der Waals surface area contributed by atoms with Crippen LogP contribution in [0.1, 0.15) is 39.0 Å². The Labute approximate surface area is 169 Å². The Kier molecular flexibility index (Phi) is 9.48. The maximum atomic E-state index is 12.7. The van der Waals surface area contributed by atoms with Gasteiger partial charge in [-0.15, -0.1) is 24.0 Å². The molecule has 1 saturated heterocycles. The van der Waals surface area contributed by atoms with E-state index in [1.807, 2.05) is 28.1 Å². The van der Waals surface area contributed by atoms with Crippen molar-refractivity contribution in [3.63, 3.8) is 0 Å². The average molecular weight is 466 g/mol. The van der Waals surface area contributed by atoms with E-state index in [2.05, 4.69) is 15.2 Å². The minimum Gasteiger partial charge on any atom is -0.381 e. The summed E-state index contributed by atoms with van der Waals surface area (Å²) in [5.41, 5.74) is -0.260. The molecule has 1 amide bonds. The van der Waals surface area contributed by atoms with Crippen LogP contribution in [-0.2, 0) is 9.53 Å². The van der Waals surface area contributed by atoms with Gasteiger partial charge in [0.05, 0.1) is 12.0 Å². The third-order valence-corrected chi connectivity index (χ3v) is 5.36. The van der Waals surface area contributed by atoms with E-state index < -0.39 is 0 Å². The van der Waals surface area contributed by atoms with Crippen LogP contribution in [0.3, 0.4) is 0 Å². The quantitative estimate of drug-likeness (QED) is 0.371. The second kappa shape index (κ2) is 10.5. The Hall–Kier alpha value is -0.570. The lowest BCUT2D eigenvalue weighted by atomic mass is 9.84. The molecule has 2 fully saturated rings. The number of aliphatic imine (C=N–C) groups is 1. The molecule has 1 saturated carbocycles. The number of nitrogens with zero attached hydrogens (tertiary/aromatic N) is 3. The molecule has 1 N–H and O–H groups in total. The minimum atomic E-state index is -0.260. The molecule has 6 nitrogen and oxygen atoms in total. The van der Waals surface area contributed by atoms with Gasteiger partial charge < -0.3 is 19.9 Å². The van der Waals surface area contributed by atoms with E-state index in [0.29, 0.717) is 12.5 Å². The SMILES string of the molecule is CCOCC1CCN(C(=NC)NCC2(C(=O)N(C)C)CCCC2)C1.I. The monoisotopic (exact) mass is 466 g/mol. The molecule has 2 rings (SSSR count). The molecular formula is C18H35IN4O2. The lowest BCUT2D eigenvalue weighted by molar-refractivity contribution is -0.138. The molecule has 0 spiro atoms. The smallest absolute Gasteiger partial charge is 0.230 e. The van der Waals surface area contributed by atoms with Gasteiger partial charge in [0.25, 0.3) is 0 Å². The van der Waals surface area contributed by atoms with Crippen molar-refractivity contribution < 1.29 is 9.53 Å². The predicted octanol–water partition coefficient (Wildman–Crippen LogP) is 2.19. The topological polar surface area (TPSA) is 57.2 Å². The Morgan fingerprint density at radius 3 is 2.60 bits per heavy atom. The summed E-state index contributed by atoms with van der Waals surface area (Å²) in [6.45, 7) is 6.31. The highest BCUT2D eigenvalue weighted by Crippen LogP contribution is 2.39. The summed E-state index contributed by atoms with van der Waals surface area (Å²) in [6.07, 6.45) is 5.37. The first-order valence-electron chi connectivity index (χ1n) is 9.27. The van der Waals surface area contributed by atoms with E-state index in [4.69, 9.17) is 4.74 Å². The maximum absolute atomic E-state index is 12.7. The summed E-state index contributed by atoms with van der Waals surface area (Å²) in [6, 6.07) is 0. The number of carbonyl (C=O) groups is 1. The van der Waals surface area contributed by atoms with Crippen LogP contribution in [0.5, 0.6) is 0 Å². The number of hydrogen-bond acceptors (Lipinski definition) is 3. The molecule has 0 aromatic rings. The summed E-state index contributed by atoms with van der Waals surface area (Å²) in [5.74, 6) is 1.75. The van der Waals surface area contributed by atoms with Crippen molar-refractivity contribution >= 4 is 35.8 Å². The van der Waals surface area contributed by atoms with Gasteiger partial charge in [0.15, 0.2) is 5.96 Å². The van der Waals surface area contributed by atoms with Crippen LogP contribution in [0, 0.1) is 11.3 Å². The molecule has 1 aliphatic heterocycles. The zero-order valence-electron chi connectivity index (χ0n) is 16.2. The number of likely N-dealkylation sites (tertiary alicyclic amines) is 1. The number of guanidine groups is 1. The van der Waals surface area contributed by atoms with Crippen molar-refractivity contribution in [2.24, 2.45) is 16.3 Å². The second-order valence-corrected chi connectivity index (χ2v) is 7.35. The molecule has 0 radical (unpaired) electrons. The van der Waals surface area contributed by atoms with Crippen molar-refractivity contribution in [3.8, 4) is 0 Å². The van der Waals surface area contributed by atoms with E-state index in [1.165, 1.54) is 0 Å². The van der Waals surface area contributed by atoms with Gasteiger partial charge in [-0.05, 0) is 26.2 Å². The van der Waals surface area contributed by atoms with Crippen LogP contribution in [0.4, 0.5) is 0 Å². The zero-order valence-corrected chi connectivity index (χ0v) is 18.5. The van der Waals surface area contributed by atoms with E-state index in [-0.39, 0.29) is 35.3 Å². The fraction of sp³-hybridized carbons (Fsp3) is 0.889. The third-order valence-electron chi connectivity index (χ3n) is 5.36. The molecule has 1 aliphatic carbocycles. The minimum absolute atomic E-state index is 0. The van der Waals surface area contributed by atoms with Crippen LogP contribution < -0.4 is 5.32 Å². The third kappa shape index (κ3) is 5.70. The lowest BCUT2D eigenvalue weighted by Crippen LogP contribution is -2.49. The molecule has 146 valence electrons. The standard InChI is InChI=1S/C18H34N4O2.HI/c1-5-24-13-15-8-11-22(12-15)17(19-2)20-14-18(9-6-7-10-18)16(23)21(3)4;/h15H,5-14H2,1-4H3,(H,19,20);1H. The zero-order chi connectivity index (χ0) is 17.6. The summed E-state index contributed by atoms with van der Waals surface area (Å²) in [4.78, 5) is 21.2. The van der Waals surface area contributed by atoms with Gasteiger partial charge in [-0.2, -0.15) is 0 Å². The number of amides is 1. The largest absolute Gasteiger partial charge is 0.381 e. The Morgan fingerprint density at radius 1 is 1.36 bits per heavy atom. The van der Waals surface area contributed by atoms with E-state index in [1.54, 1.807) is 4.90 Å². The molecule has 0 aromatic carbocycles. The van der Waals surface area contributed by atoms with Gasteiger partial charge in [-0.1, -0.05) is 12.8 Å². The Morgan fingerprint density at radius 2 is 2.04 bits per heavy atom. The van der Waals surface area contributed by atoms with E-state index >= 15 is 0 Å². The number of hydrogen-bond donors (Lipinski definition) is 1. The highest BCUT2D eigenvalue weighted by Gasteiger charge is 2.42. The first-order chi connectivity index (χ1) is 11.5. The van der Waals surface area contributed by atoms with Gasteiger partial charge in [0.2, 0.25) is 5.91 Å². The van der Waals surface area contributed by atoms with Crippen LogP contribution >= 0.6 is 24.0 Å². The summed E-state index contributed by atoms with van der Waals surface area (Å²) in [7, 11) is 5.54. The first kappa shape index (κ1) is 22.5. The van der Waals surface area contributed by atoms with Crippen molar-refractivity contribution in [2.75, 3.05) is 54.0 Å². The summed E-state index contributed by atoms with van der Waals surface area (Å²) in [5, 5.41) is 3.49. The summed E-state index contributed by atoms with van der Waals surface area (Å²) < 4.78 is 5.56. The molecule has 2 aliphatic rings. The molecule has 7 heteroatoms. The van der Waals surface area contributed by atoms with Crippen molar-refractivity contribution in [3.05, 3.63) is 0 Å². The van der Waals surface area contributed by atoms with E-state index in [0.717, 1.165) is 64.4 Å². The number of carbonyl (C=O) groups excluding carboxylic acids is 1. The fourth-order valence-corrected chi connectivity index (χ4v) is 4.02. The molecule has 1 atom stereocenters. The predicted molar refractivity (Wildman–Crippen MR) is 113 cm³/mol. The Bertz CT molecular complexity index is 450. The maximum Gasteiger partial charge on any atom is 0.230 e. The van der Waals surface area contributed by atoms with Gasteiger partial charge in [0, 0.05) is 53.3 Å². The highest BCUT2D eigenvalue weighted by atomic mass is 127. The molecule has 0 bridgehead atoms. The highest BCUT2D eigenvalue weighted by molar-refractivity contribution is 14.0. The summed E-state index contributed by atoms with van der Waals surface area (Å²) >= 11 is 0. The fourth-order valence-electron chi connectivity index (χ4n) is 4.02. The van der Waals surface area contributed by atoms with Crippen molar-refractivity contribution in [1.82, 2.24) is 15.1 Å². The van der Waals surface area contributed by atoms with Gasteiger partial charge >= 0.3 is 0 Å². The van der Waals surface area contributed by atoms with Crippen molar-refractivity contribution in [1.29, 1.82) is 0 Å². The van der Waals surface area contributed by atoms with Crippen LogP contribution in [0.25, 0.3) is 0 Å². The van der Waals surface area contributed by atoms with Gasteiger partial charge in [-0.3, -0.25) is 9.79 Å². The second-order valence-electron chi connectivity index (χ2n) is 7.35. The van der Waals surface area contributed by atoms with Gasteiger partial charge in [0.1, 0.15) is 0 Å². The first-order valence-corrected chi connectivity index (χ1v) is 9.27. The van der Waals surface area contributed by atoms with E-state index in [9.17, 15) is 4.79 Å². The molecule has 25 heavy (non-hydrogen) atoms. The lowest BCUT2D eigenvalue weighted by Gasteiger charge is -2.32. The Balaban J connectivity index is 0.00000312. The van der Waals surface area contributed by atoms with Crippen LogP contribution in [-0.4, -0.2) is 75.7 Å². The molecule has 1 unspecified atom stereocenters. The van der Waals surface area contributed by atoms with Gasteiger partial charge in [-0.25, -0.2) is 0 Å². The molecule has 1 heterocycles. The normalized spacial score (nSPS) is 22.6. The molecular weight excluding hydrogens is 431 g/mol. The number of rotatable bonds is 6. The number of ether oxygens (including phenoxy) is 1.